The highest BCUT2D eigenvalue weighted by Gasteiger charge is 2.18. The fourth-order valence-corrected chi connectivity index (χ4v) is 3.13. The zero-order valence-corrected chi connectivity index (χ0v) is 14.6. The van der Waals surface area contributed by atoms with Crippen molar-refractivity contribution in [1.82, 2.24) is 10.2 Å². The van der Waals surface area contributed by atoms with E-state index in [4.69, 9.17) is 0 Å². The summed E-state index contributed by atoms with van der Waals surface area (Å²) >= 11 is 0. The molecular weight excluding hydrogens is 312 g/mol. The number of carbonyl (C=O) groups is 2. The van der Waals surface area contributed by atoms with E-state index >= 15 is 0 Å². The van der Waals surface area contributed by atoms with Crippen LogP contribution in [-0.4, -0.2) is 29.8 Å². The van der Waals surface area contributed by atoms with Crippen molar-refractivity contribution in [3.05, 3.63) is 70.8 Å². The predicted octanol–water partition coefficient (Wildman–Crippen LogP) is 3.55. The second kappa shape index (κ2) is 7.97. The van der Waals surface area contributed by atoms with E-state index in [1.807, 2.05) is 36.1 Å². The van der Waals surface area contributed by atoms with Crippen molar-refractivity contribution >= 4 is 11.8 Å². The maximum Gasteiger partial charge on any atom is 0.253 e. The van der Waals surface area contributed by atoms with Gasteiger partial charge in [-0.05, 0) is 61.6 Å². The first-order valence-electron chi connectivity index (χ1n) is 8.87. The van der Waals surface area contributed by atoms with Gasteiger partial charge >= 0.3 is 0 Å². The third kappa shape index (κ3) is 4.27. The quantitative estimate of drug-likeness (QED) is 0.928. The Morgan fingerprint density at radius 2 is 1.56 bits per heavy atom. The van der Waals surface area contributed by atoms with Gasteiger partial charge in [0.1, 0.15) is 0 Å². The molecule has 0 bridgehead atoms. The number of likely N-dealkylation sites (tertiary alicyclic amines) is 1. The van der Waals surface area contributed by atoms with E-state index in [1.165, 1.54) is 6.42 Å². The minimum Gasteiger partial charge on any atom is -0.348 e. The number of rotatable bonds is 4. The lowest BCUT2D eigenvalue weighted by Gasteiger charge is -2.26. The molecule has 0 aliphatic carbocycles. The highest BCUT2D eigenvalue weighted by molar-refractivity contribution is 5.97. The first-order chi connectivity index (χ1) is 12.1. The van der Waals surface area contributed by atoms with Crippen LogP contribution in [0.25, 0.3) is 0 Å². The molecule has 130 valence electrons. The van der Waals surface area contributed by atoms with Crippen LogP contribution in [0.4, 0.5) is 0 Å². The molecule has 1 aliphatic rings. The lowest BCUT2D eigenvalue weighted by molar-refractivity contribution is 0.0723. The Bertz CT molecular complexity index is 747. The van der Waals surface area contributed by atoms with Gasteiger partial charge in [-0.1, -0.05) is 24.3 Å². The third-order valence-corrected chi connectivity index (χ3v) is 4.74. The Balaban J connectivity index is 1.60. The van der Waals surface area contributed by atoms with Gasteiger partial charge in [0, 0.05) is 30.8 Å². The van der Waals surface area contributed by atoms with Gasteiger partial charge in [0.2, 0.25) is 0 Å². The van der Waals surface area contributed by atoms with Crippen LogP contribution in [0.5, 0.6) is 0 Å². The van der Waals surface area contributed by atoms with Gasteiger partial charge in [0.15, 0.2) is 0 Å². The molecule has 4 heteroatoms. The number of benzene rings is 2. The highest BCUT2D eigenvalue weighted by atomic mass is 16.2. The molecule has 0 unspecified atom stereocenters. The van der Waals surface area contributed by atoms with Crippen LogP contribution in [0.15, 0.2) is 48.5 Å². The zero-order valence-electron chi connectivity index (χ0n) is 14.6. The molecule has 2 amide bonds. The Morgan fingerprint density at radius 1 is 0.920 bits per heavy atom. The van der Waals surface area contributed by atoms with Crippen LogP contribution in [0.3, 0.4) is 0 Å². The Morgan fingerprint density at radius 3 is 2.24 bits per heavy atom. The summed E-state index contributed by atoms with van der Waals surface area (Å²) in [5.41, 5.74) is 3.49. The molecule has 0 radical (unpaired) electrons. The molecule has 25 heavy (non-hydrogen) atoms. The summed E-state index contributed by atoms with van der Waals surface area (Å²) in [6.45, 7) is 4.19. The average molecular weight is 336 g/mol. The standard InChI is InChI=1S/C21H24N2O2/c1-16-7-3-4-8-19(16)15-22-20(24)17-9-11-18(12-10-17)21(25)23-13-5-2-6-14-23/h3-4,7-12H,2,5-6,13-15H2,1H3,(H,22,24). The van der Waals surface area contributed by atoms with Crippen molar-refractivity contribution in [3.63, 3.8) is 0 Å². The normalized spacial score (nSPS) is 14.2. The maximum atomic E-state index is 12.5. The van der Waals surface area contributed by atoms with Gasteiger partial charge in [0.05, 0.1) is 0 Å². The molecule has 0 saturated carbocycles. The molecule has 3 rings (SSSR count). The fourth-order valence-electron chi connectivity index (χ4n) is 3.13. The molecule has 2 aromatic rings. The monoisotopic (exact) mass is 336 g/mol. The van der Waals surface area contributed by atoms with Crippen LogP contribution in [0.1, 0.15) is 51.1 Å². The van der Waals surface area contributed by atoms with E-state index in [0.717, 1.165) is 37.1 Å². The number of nitrogens with one attached hydrogen (secondary N) is 1. The first-order valence-corrected chi connectivity index (χ1v) is 8.87. The Labute approximate surface area is 148 Å². The van der Waals surface area contributed by atoms with E-state index in [2.05, 4.69) is 5.32 Å². The molecule has 0 aromatic heterocycles. The molecule has 1 heterocycles. The fraction of sp³-hybridized carbons (Fsp3) is 0.333. The van der Waals surface area contributed by atoms with Crippen LogP contribution in [0, 0.1) is 6.92 Å². The van der Waals surface area contributed by atoms with Crippen LogP contribution < -0.4 is 5.32 Å². The number of piperidine rings is 1. The van der Waals surface area contributed by atoms with Crippen LogP contribution in [0.2, 0.25) is 0 Å². The van der Waals surface area contributed by atoms with Gasteiger partial charge in [-0.15, -0.1) is 0 Å². The third-order valence-electron chi connectivity index (χ3n) is 4.74. The number of hydrogen-bond acceptors (Lipinski definition) is 2. The van der Waals surface area contributed by atoms with E-state index in [-0.39, 0.29) is 11.8 Å². The van der Waals surface area contributed by atoms with E-state index in [9.17, 15) is 9.59 Å². The second-order valence-corrected chi connectivity index (χ2v) is 6.54. The molecular formula is C21H24N2O2. The van der Waals surface area contributed by atoms with Gasteiger partial charge in [-0.25, -0.2) is 0 Å². The van der Waals surface area contributed by atoms with Crippen LogP contribution >= 0.6 is 0 Å². The SMILES string of the molecule is Cc1ccccc1CNC(=O)c1ccc(C(=O)N2CCCCC2)cc1. The van der Waals surface area contributed by atoms with Crippen molar-refractivity contribution in [3.8, 4) is 0 Å². The number of carbonyl (C=O) groups excluding carboxylic acids is 2. The number of hydrogen-bond donors (Lipinski definition) is 1. The van der Waals surface area contributed by atoms with Gasteiger partial charge in [-0.2, -0.15) is 0 Å². The summed E-state index contributed by atoms with van der Waals surface area (Å²) in [6.07, 6.45) is 3.35. The minimum atomic E-state index is -0.125. The second-order valence-electron chi connectivity index (χ2n) is 6.54. The number of aryl methyl sites for hydroxylation is 1. The minimum absolute atomic E-state index is 0.0616. The summed E-state index contributed by atoms with van der Waals surface area (Å²) in [4.78, 5) is 26.7. The van der Waals surface area contributed by atoms with Crippen molar-refractivity contribution in [2.75, 3.05) is 13.1 Å². The predicted molar refractivity (Wildman–Crippen MR) is 98.5 cm³/mol. The molecule has 2 aromatic carbocycles. The smallest absolute Gasteiger partial charge is 0.253 e. The average Bonchev–Trinajstić information content (AvgIpc) is 2.67. The van der Waals surface area contributed by atoms with Crippen molar-refractivity contribution < 1.29 is 9.59 Å². The molecule has 1 saturated heterocycles. The highest BCUT2D eigenvalue weighted by Crippen LogP contribution is 2.14. The van der Waals surface area contributed by atoms with Gasteiger partial charge in [-0.3, -0.25) is 9.59 Å². The summed E-state index contributed by atoms with van der Waals surface area (Å²) in [5, 5.41) is 2.93. The lowest BCUT2D eigenvalue weighted by Crippen LogP contribution is -2.35. The number of amides is 2. The Hall–Kier alpha value is -2.62. The molecule has 4 nitrogen and oxygen atoms in total. The van der Waals surface area contributed by atoms with E-state index in [0.29, 0.717) is 17.7 Å². The molecule has 1 aliphatic heterocycles. The van der Waals surface area contributed by atoms with Crippen molar-refractivity contribution in [1.29, 1.82) is 0 Å². The van der Waals surface area contributed by atoms with Gasteiger partial charge < -0.3 is 10.2 Å². The molecule has 0 atom stereocenters. The van der Waals surface area contributed by atoms with E-state index < -0.39 is 0 Å². The lowest BCUT2D eigenvalue weighted by atomic mass is 10.1. The summed E-state index contributed by atoms with van der Waals surface area (Å²) in [7, 11) is 0. The summed E-state index contributed by atoms with van der Waals surface area (Å²) < 4.78 is 0. The number of nitrogens with zero attached hydrogens (tertiary/aromatic N) is 1. The van der Waals surface area contributed by atoms with Crippen molar-refractivity contribution in [2.24, 2.45) is 0 Å². The van der Waals surface area contributed by atoms with Gasteiger partial charge in [0.25, 0.3) is 11.8 Å². The topological polar surface area (TPSA) is 49.4 Å². The largest absolute Gasteiger partial charge is 0.348 e. The van der Waals surface area contributed by atoms with Crippen LogP contribution in [-0.2, 0) is 6.54 Å². The van der Waals surface area contributed by atoms with Crippen molar-refractivity contribution in [2.45, 2.75) is 32.7 Å². The van der Waals surface area contributed by atoms with E-state index in [1.54, 1.807) is 24.3 Å². The molecule has 1 N–H and O–H groups in total. The summed E-state index contributed by atoms with van der Waals surface area (Å²) in [5.74, 6) is -0.0632. The zero-order chi connectivity index (χ0) is 17.6. The molecule has 0 spiro atoms. The molecule has 1 fully saturated rings. The Kier molecular flexibility index (Phi) is 5.49. The maximum absolute atomic E-state index is 12.5. The summed E-state index contributed by atoms with van der Waals surface area (Å²) in [6, 6.07) is 14.9. The first kappa shape index (κ1) is 17.2.